The second-order valence-corrected chi connectivity index (χ2v) is 5.14. The van der Waals surface area contributed by atoms with Crippen LogP contribution in [0, 0.1) is 11.3 Å². The minimum Gasteiger partial charge on any atom is -0.302 e. The summed E-state index contributed by atoms with van der Waals surface area (Å²) < 4.78 is 0. The molecule has 2 rings (SSSR count). The number of nitriles is 1. The van der Waals surface area contributed by atoms with Gasteiger partial charge in [0.25, 0.3) is 0 Å². The number of rotatable bonds is 5. The summed E-state index contributed by atoms with van der Waals surface area (Å²) in [5.41, 5.74) is 2.17. The van der Waals surface area contributed by atoms with Crippen LogP contribution in [0.15, 0.2) is 54.6 Å². The smallest absolute Gasteiger partial charge is 0.0641 e. The predicted molar refractivity (Wildman–Crippen MR) is 82.4 cm³/mol. The molecule has 0 aliphatic heterocycles. The maximum atomic E-state index is 9.02. The number of nitrogens with zero attached hydrogens (tertiary/aromatic N) is 1. The molecule has 0 radical (unpaired) electrons. The van der Waals surface area contributed by atoms with Gasteiger partial charge in [-0.1, -0.05) is 60.1 Å². The zero-order valence-electron chi connectivity index (χ0n) is 11.4. The van der Waals surface area contributed by atoms with Gasteiger partial charge in [-0.2, -0.15) is 5.26 Å². The van der Waals surface area contributed by atoms with Crippen LogP contribution in [0.1, 0.15) is 36.6 Å². The molecule has 0 saturated carbocycles. The van der Waals surface area contributed by atoms with Crippen LogP contribution < -0.4 is 5.32 Å². The Morgan fingerprint density at radius 3 is 2.40 bits per heavy atom. The molecule has 102 valence electrons. The minimum absolute atomic E-state index is 0.00692. The van der Waals surface area contributed by atoms with Gasteiger partial charge in [-0.3, -0.25) is 0 Å². The first-order valence-electron chi connectivity index (χ1n) is 6.64. The second kappa shape index (κ2) is 7.09. The molecule has 2 atom stereocenters. The standard InChI is InChI=1S/C17H17ClN2/c1-13(15-9-5-6-10-16(15)18)20-17(11-12-19)14-7-3-2-4-8-14/h2-10,13,17,20H,11H2,1H3/t13-,17?/m0/s1. The van der Waals surface area contributed by atoms with Gasteiger partial charge >= 0.3 is 0 Å². The lowest BCUT2D eigenvalue weighted by molar-refractivity contribution is 0.473. The molecule has 1 unspecified atom stereocenters. The fourth-order valence-electron chi connectivity index (χ4n) is 2.27. The number of hydrogen-bond acceptors (Lipinski definition) is 2. The van der Waals surface area contributed by atoms with Gasteiger partial charge in [-0.05, 0) is 24.1 Å². The largest absolute Gasteiger partial charge is 0.302 e. The van der Waals surface area contributed by atoms with Crippen molar-refractivity contribution >= 4 is 11.6 Å². The van der Waals surface area contributed by atoms with Crippen LogP contribution in [0.3, 0.4) is 0 Å². The molecule has 20 heavy (non-hydrogen) atoms. The SMILES string of the molecule is C[C@H](NC(CC#N)c1ccccc1)c1ccccc1Cl. The lowest BCUT2D eigenvalue weighted by Crippen LogP contribution is -2.24. The Hall–Kier alpha value is -1.82. The Balaban J connectivity index is 2.17. The number of nitrogens with one attached hydrogen (secondary N) is 1. The van der Waals surface area contributed by atoms with E-state index < -0.39 is 0 Å². The average Bonchev–Trinajstić information content (AvgIpc) is 2.48. The highest BCUT2D eigenvalue weighted by Crippen LogP contribution is 2.26. The van der Waals surface area contributed by atoms with E-state index in [1.807, 2.05) is 54.6 Å². The van der Waals surface area contributed by atoms with E-state index in [0.717, 1.165) is 16.1 Å². The van der Waals surface area contributed by atoms with Gasteiger partial charge in [-0.15, -0.1) is 0 Å². The van der Waals surface area contributed by atoms with E-state index in [-0.39, 0.29) is 12.1 Å². The summed E-state index contributed by atoms with van der Waals surface area (Å²) in [7, 11) is 0. The van der Waals surface area contributed by atoms with Crippen molar-refractivity contribution in [2.24, 2.45) is 0 Å². The third-order valence-corrected chi connectivity index (χ3v) is 3.66. The van der Waals surface area contributed by atoms with Crippen molar-refractivity contribution < 1.29 is 0 Å². The zero-order chi connectivity index (χ0) is 14.4. The molecule has 0 amide bonds. The molecule has 0 aliphatic rings. The molecule has 0 bridgehead atoms. The fraction of sp³-hybridized carbons (Fsp3) is 0.235. The van der Waals surface area contributed by atoms with Crippen LogP contribution in [0.5, 0.6) is 0 Å². The Morgan fingerprint density at radius 2 is 1.75 bits per heavy atom. The highest BCUT2D eigenvalue weighted by molar-refractivity contribution is 6.31. The van der Waals surface area contributed by atoms with E-state index in [2.05, 4.69) is 18.3 Å². The Labute approximate surface area is 125 Å². The molecule has 2 nitrogen and oxygen atoms in total. The molecule has 0 aliphatic carbocycles. The quantitative estimate of drug-likeness (QED) is 0.868. The molecule has 0 saturated heterocycles. The van der Waals surface area contributed by atoms with Gasteiger partial charge in [0.05, 0.1) is 12.5 Å². The molecule has 2 aromatic rings. The molecule has 0 aromatic heterocycles. The molecular formula is C17H17ClN2. The third kappa shape index (κ3) is 3.60. The topological polar surface area (TPSA) is 35.8 Å². The third-order valence-electron chi connectivity index (χ3n) is 3.32. The van der Waals surface area contributed by atoms with Crippen molar-refractivity contribution in [3.05, 3.63) is 70.7 Å². The van der Waals surface area contributed by atoms with Crippen molar-refractivity contribution in [2.75, 3.05) is 0 Å². The molecule has 3 heteroatoms. The lowest BCUT2D eigenvalue weighted by atomic mass is 10.0. The van der Waals surface area contributed by atoms with Gasteiger partial charge in [0.15, 0.2) is 0 Å². The molecule has 2 aromatic carbocycles. The fourth-order valence-corrected chi connectivity index (χ4v) is 2.57. The summed E-state index contributed by atoms with van der Waals surface area (Å²) in [4.78, 5) is 0. The first-order valence-corrected chi connectivity index (χ1v) is 7.02. The molecular weight excluding hydrogens is 268 g/mol. The maximum absolute atomic E-state index is 9.02. The van der Waals surface area contributed by atoms with Crippen molar-refractivity contribution in [3.63, 3.8) is 0 Å². The number of benzene rings is 2. The molecule has 1 N–H and O–H groups in total. The molecule has 0 spiro atoms. The van der Waals surface area contributed by atoms with Crippen LogP contribution in [0.2, 0.25) is 5.02 Å². The van der Waals surface area contributed by atoms with Crippen LogP contribution in [-0.2, 0) is 0 Å². The van der Waals surface area contributed by atoms with E-state index in [1.54, 1.807) is 0 Å². The number of hydrogen-bond donors (Lipinski definition) is 1. The minimum atomic E-state index is 0.00692. The van der Waals surface area contributed by atoms with E-state index >= 15 is 0 Å². The van der Waals surface area contributed by atoms with Crippen LogP contribution >= 0.6 is 11.6 Å². The first kappa shape index (κ1) is 14.6. The summed E-state index contributed by atoms with van der Waals surface area (Å²) >= 11 is 6.22. The molecule has 0 heterocycles. The monoisotopic (exact) mass is 284 g/mol. The average molecular weight is 285 g/mol. The highest BCUT2D eigenvalue weighted by atomic mass is 35.5. The van der Waals surface area contributed by atoms with E-state index in [4.69, 9.17) is 16.9 Å². The lowest BCUT2D eigenvalue weighted by Gasteiger charge is -2.23. The predicted octanol–water partition coefficient (Wildman–Crippen LogP) is 4.65. The van der Waals surface area contributed by atoms with E-state index in [9.17, 15) is 0 Å². The normalized spacial score (nSPS) is 13.4. The van der Waals surface area contributed by atoms with E-state index in [0.29, 0.717) is 6.42 Å². The van der Waals surface area contributed by atoms with Gasteiger partial charge in [0.1, 0.15) is 0 Å². The highest BCUT2D eigenvalue weighted by Gasteiger charge is 2.16. The number of halogens is 1. The Bertz CT molecular complexity index is 589. The van der Waals surface area contributed by atoms with Crippen molar-refractivity contribution in [3.8, 4) is 6.07 Å². The first-order chi connectivity index (χ1) is 9.72. The van der Waals surface area contributed by atoms with Gasteiger partial charge in [-0.25, -0.2) is 0 Å². The van der Waals surface area contributed by atoms with Gasteiger partial charge < -0.3 is 5.32 Å². The van der Waals surface area contributed by atoms with E-state index in [1.165, 1.54) is 0 Å². The zero-order valence-corrected chi connectivity index (χ0v) is 12.1. The Kier molecular flexibility index (Phi) is 5.17. The van der Waals surface area contributed by atoms with Gasteiger partial charge in [0, 0.05) is 17.1 Å². The summed E-state index contributed by atoms with van der Waals surface area (Å²) in [5.74, 6) is 0. The Morgan fingerprint density at radius 1 is 1.10 bits per heavy atom. The van der Waals surface area contributed by atoms with Crippen LogP contribution in [0.25, 0.3) is 0 Å². The van der Waals surface area contributed by atoms with Crippen molar-refractivity contribution in [1.29, 1.82) is 5.26 Å². The van der Waals surface area contributed by atoms with Crippen LogP contribution in [-0.4, -0.2) is 0 Å². The van der Waals surface area contributed by atoms with Crippen LogP contribution in [0.4, 0.5) is 0 Å². The summed E-state index contributed by atoms with van der Waals surface area (Å²) in [6, 6.07) is 20.1. The summed E-state index contributed by atoms with van der Waals surface area (Å²) in [6.07, 6.45) is 0.429. The summed E-state index contributed by atoms with van der Waals surface area (Å²) in [6.45, 7) is 2.06. The van der Waals surface area contributed by atoms with Gasteiger partial charge in [0.2, 0.25) is 0 Å². The second-order valence-electron chi connectivity index (χ2n) is 4.74. The van der Waals surface area contributed by atoms with Crippen molar-refractivity contribution in [1.82, 2.24) is 5.32 Å². The maximum Gasteiger partial charge on any atom is 0.0641 e. The molecule has 0 fully saturated rings. The summed E-state index contributed by atoms with van der Waals surface area (Å²) in [5, 5.41) is 13.3. The van der Waals surface area contributed by atoms with Crippen molar-refractivity contribution in [2.45, 2.75) is 25.4 Å².